The molecule has 0 spiro atoms. The number of hydrogen-bond donors (Lipinski definition) is 1. The van der Waals surface area contributed by atoms with Gasteiger partial charge in [-0.3, -0.25) is 0 Å². The van der Waals surface area contributed by atoms with Gasteiger partial charge in [-0.25, -0.2) is 0 Å². The van der Waals surface area contributed by atoms with E-state index in [1.807, 2.05) is 25.1 Å². The number of likely N-dealkylation sites (tertiary alicyclic amines) is 1. The number of thiocarbonyl (C=S) groups is 1. The lowest BCUT2D eigenvalue weighted by molar-refractivity contribution is 0.262. The molecule has 0 aliphatic carbocycles. The normalized spacial score (nSPS) is 19.7. The summed E-state index contributed by atoms with van der Waals surface area (Å²) in [6, 6.07) is 6.48. The molecule has 0 amide bonds. The second-order valence-corrected chi connectivity index (χ2v) is 5.73. The first-order valence-corrected chi connectivity index (χ1v) is 7.20. The lowest BCUT2D eigenvalue weighted by Gasteiger charge is -2.35. The predicted molar refractivity (Wildman–Crippen MR) is 82.4 cm³/mol. The number of benzene rings is 1. The minimum absolute atomic E-state index is 0.527. The van der Waals surface area contributed by atoms with E-state index < -0.39 is 0 Å². The number of nitrogens with zero attached hydrogens (tertiary/aromatic N) is 1. The van der Waals surface area contributed by atoms with Crippen LogP contribution in [0, 0.1) is 6.92 Å². The predicted octanol–water partition coefficient (Wildman–Crippen LogP) is 4.22. The second-order valence-electron chi connectivity index (χ2n) is 4.93. The van der Waals surface area contributed by atoms with Crippen LogP contribution in [0.25, 0.3) is 0 Å². The van der Waals surface area contributed by atoms with E-state index in [1.54, 1.807) is 0 Å². The zero-order valence-electron chi connectivity index (χ0n) is 10.9. The van der Waals surface area contributed by atoms with Crippen LogP contribution in [0.3, 0.4) is 0 Å². The Morgan fingerprint density at radius 1 is 1.44 bits per heavy atom. The van der Waals surface area contributed by atoms with Crippen molar-refractivity contribution in [1.29, 1.82) is 0 Å². The van der Waals surface area contributed by atoms with Crippen LogP contribution >= 0.6 is 23.8 Å². The number of anilines is 1. The summed E-state index contributed by atoms with van der Waals surface area (Å²) < 4.78 is 0. The second kappa shape index (κ2) is 5.89. The molecule has 1 heterocycles. The smallest absolute Gasteiger partial charge is 0.173 e. The summed E-state index contributed by atoms with van der Waals surface area (Å²) in [5, 5.41) is 4.86. The molecule has 4 heteroatoms. The van der Waals surface area contributed by atoms with Crippen molar-refractivity contribution in [2.75, 3.05) is 11.9 Å². The van der Waals surface area contributed by atoms with Gasteiger partial charge >= 0.3 is 0 Å². The van der Waals surface area contributed by atoms with Crippen molar-refractivity contribution in [2.45, 2.75) is 39.2 Å². The first-order valence-electron chi connectivity index (χ1n) is 6.41. The van der Waals surface area contributed by atoms with Crippen LogP contribution < -0.4 is 5.32 Å². The standard InChI is InChI=1S/C14H19ClN2S/c1-10-6-7-12(9-13(10)15)16-14(18)17-8-4-3-5-11(17)2/h6-7,9,11H,3-5,8H2,1-2H3,(H,16,18)/t11-/m0/s1. The lowest BCUT2D eigenvalue weighted by Crippen LogP contribution is -2.44. The molecule has 1 saturated heterocycles. The van der Waals surface area contributed by atoms with E-state index in [1.165, 1.54) is 19.3 Å². The van der Waals surface area contributed by atoms with E-state index in [4.69, 9.17) is 23.8 Å². The number of rotatable bonds is 1. The average Bonchev–Trinajstić information content (AvgIpc) is 2.34. The topological polar surface area (TPSA) is 15.3 Å². The Morgan fingerprint density at radius 3 is 2.89 bits per heavy atom. The lowest BCUT2D eigenvalue weighted by atomic mass is 10.0. The van der Waals surface area contributed by atoms with Crippen molar-refractivity contribution >= 4 is 34.6 Å². The molecule has 0 saturated carbocycles. The molecule has 2 rings (SSSR count). The van der Waals surface area contributed by atoms with Crippen LogP contribution in [0.1, 0.15) is 31.7 Å². The fourth-order valence-corrected chi connectivity index (χ4v) is 2.84. The SMILES string of the molecule is Cc1ccc(NC(=S)N2CCCC[C@@H]2C)cc1Cl. The van der Waals surface area contributed by atoms with Crippen LogP contribution in [-0.4, -0.2) is 22.6 Å². The molecule has 1 aliphatic rings. The summed E-state index contributed by atoms with van der Waals surface area (Å²) in [5.41, 5.74) is 2.05. The average molecular weight is 283 g/mol. The van der Waals surface area contributed by atoms with Gasteiger partial charge in [-0.15, -0.1) is 0 Å². The minimum atomic E-state index is 0.527. The molecule has 1 fully saturated rings. The van der Waals surface area contributed by atoms with Gasteiger partial charge in [-0.2, -0.15) is 0 Å². The summed E-state index contributed by atoms with van der Waals surface area (Å²) >= 11 is 11.6. The Balaban J connectivity index is 2.04. The van der Waals surface area contributed by atoms with E-state index in [0.717, 1.165) is 27.9 Å². The highest BCUT2D eigenvalue weighted by molar-refractivity contribution is 7.80. The molecule has 18 heavy (non-hydrogen) atoms. The molecular formula is C14H19ClN2S. The molecule has 1 aliphatic heterocycles. The van der Waals surface area contributed by atoms with Gasteiger partial charge in [0.1, 0.15) is 0 Å². The van der Waals surface area contributed by atoms with Gasteiger partial charge < -0.3 is 10.2 Å². The van der Waals surface area contributed by atoms with Gasteiger partial charge in [0.15, 0.2) is 5.11 Å². The molecule has 0 aromatic heterocycles. The van der Waals surface area contributed by atoms with Crippen molar-refractivity contribution in [3.8, 4) is 0 Å². The molecule has 1 aromatic rings. The van der Waals surface area contributed by atoms with Crippen molar-refractivity contribution in [1.82, 2.24) is 4.90 Å². The molecule has 98 valence electrons. The van der Waals surface area contributed by atoms with Crippen molar-refractivity contribution in [2.24, 2.45) is 0 Å². The fraction of sp³-hybridized carbons (Fsp3) is 0.500. The molecule has 1 N–H and O–H groups in total. The van der Waals surface area contributed by atoms with E-state index in [9.17, 15) is 0 Å². The third-order valence-corrected chi connectivity index (χ3v) is 4.23. The minimum Gasteiger partial charge on any atom is -0.346 e. The molecule has 2 nitrogen and oxygen atoms in total. The summed E-state index contributed by atoms with van der Waals surface area (Å²) in [6.07, 6.45) is 3.74. The summed E-state index contributed by atoms with van der Waals surface area (Å²) in [6.45, 7) is 5.28. The van der Waals surface area contributed by atoms with Crippen LogP contribution in [0.15, 0.2) is 18.2 Å². The molecule has 1 aromatic carbocycles. The van der Waals surface area contributed by atoms with Gasteiger partial charge in [-0.05, 0) is 63.0 Å². The maximum absolute atomic E-state index is 6.11. The van der Waals surface area contributed by atoms with Gasteiger partial charge in [0.25, 0.3) is 0 Å². The molecule has 0 radical (unpaired) electrons. The maximum atomic E-state index is 6.11. The van der Waals surface area contributed by atoms with E-state index in [-0.39, 0.29) is 0 Å². The van der Waals surface area contributed by atoms with Gasteiger partial charge in [-0.1, -0.05) is 17.7 Å². The van der Waals surface area contributed by atoms with Crippen LogP contribution in [0.4, 0.5) is 5.69 Å². The molecule has 0 bridgehead atoms. The Kier molecular flexibility index (Phi) is 4.46. The number of aryl methyl sites for hydroxylation is 1. The third-order valence-electron chi connectivity index (χ3n) is 3.49. The quantitative estimate of drug-likeness (QED) is 0.777. The van der Waals surface area contributed by atoms with Crippen molar-refractivity contribution < 1.29 is 0 Å². The summed E-state index contributed by atoms with van der Waals surface area (Å²) in [5.74, 6) is 0. The van der Waals surface area contributed by atoms with Crippen molar-refractivity contribution in [3.05, 3.63) is 28.8 Å². The first-order chi connectivity index (χ1) is 8.58. The monoisotopic (exact) mass is 282 g/mol. The van der Waals surface area contributed by atoms with Crippen LogP contribution in [0.2, 0.25) is 5.02 Å². The highest BCUT2D eigenvalue weighted by Crippen LogP contribution is 2.22. The Hall–Kier alpha value is -0.800. The van der Waals surface area contributed by atoms with Crippen LogP contribution in [-0.2, 0) is 0 Å². The zero-order chi connectivity index (χ0) is 13.1. The highest BCUT2D eigenvalue weighted by atomic mass is 35.5. The van der Waals surface area contributed by atoms with Crippen molar-refractivity contribution in [3.63, 3.8) is 0 Å². The fourth-order valence-electron chi connectivity index (χ4n) is 2.27. The largest absolute Gasteiger partial charge is 0.346 e. The maximum Gasteiger partial charge on any atom is 0.173 e. The molecule has 0 unspecified atom stereocenters. The Morgan fingerprint density at radius 2 is 2.22 bits per heavy atom. The Labute approximate surface area is 119 Å². The number of halogens is 1. The number of piperidine rings is 1. The number of nitrogens with one attached hydrogen (secondary N) is 1. The Bertz CT molecular complexity index is 447. The van der Waals surface area contributed by atoms with E-state index in [0.29, 0.717) is 6.04 Å². The van der Waals surface area contributed by atoms with Gasteiger partial charge in [0.2, 0.25) is 0 Å². The van der Waals surface area contributed by atoms with Crippen LogP contribution in [0.5, 0.6) is 0 Å². The van der Waals surface area contributed by atoms with Gasteiger partial charge in [0, 0.05) is 23.3 Å². The third kappa shape index (κ3) is 3.15. The summed E-state index contributed by atoms with van der Waals surface area (Å²) in [7, 11) is 0. The first kappa shape index (κ1) is 13.6. The molecule has 1 atom stereocenters. The highest BCUT2D eigenvalue weighted by Gasteiger charge is 2.20. The summed E-state index contributed by atoms with van der Waals surface area (Å²) in [4.78, 5) is 2.27. The van der Waals surface area contributed by atoms with Gasteiger partial charge in [0.05, 0.1) is 0 Å². The zero-order valence-corrected chi connectivity index (χ0v) is 12.4. The van der Waals surface area contributed by atoms with E-state index >= 15 is 0 Å². The number of hydrogen-bond acceptors (Lipinski definition) is 1. The van der Waals surface area contributed by atoms with E-state index in [2.05, 4.69) is 17.1 Å². The molecular weight excluding hydrogens is 264 g/mol.